The summed E-state index contributed by atoms with van der Waals surface area (Å²) in [5.74, 6) is 0.0483. The van der Waals surface area contributed by atoms with Crippen LogP contribution in [0.25, 0.3) is 0 Å². The first-order valence-corrected chi connectivity index (χ1v) is 14.7. The number of hydrogen-bond donors (Lipinski definition) is 2. The zero-order chi connectivity index (χ0) is 27.2. The predicted octanol–water partition coefficient (Wildman–Crippen LogP) is 5.27. The van der Waals surface area contributed by atoms with Gasteiger partial charge in [-0.15, -0.1) is 0 Å². The average molecular weight is 530 g/mol. The highest BCUT2D eigenvalue weighted by molar-refractivity contribution is 7.91. The first kappa shape index (κ1) is 28.5. The van der Waals surface area contributed by atoms with Crippen LogP contribution < -0.4 is 15.5 Å². The van der Waals surface area contributed by atoms with E-state index < -0.39 is 15.3 Å². The van der Waals surface area contributed by atoms with Crippen molar-refractivity contribution in [3.8, 4) is 0 Å². The number of nitrogens with zero attached hydrogens (tertiary/aromatic N) is 1. The third kappa shape index (κ3) is 7.71. The van der Waals surface area contributed by atoms with Crippen molar-refractivity contribution in [2.75, 3.05) is 40.2 Å². The van der Waals surface area contributed by atoms with Crippen LogP contribution in [0, 0.1) is 6.92 Å². The van der Waals surface area contributed by atoms with E-state index in [9.17, 15) is 18.0 Å². The number of ether oxygens (including phenoxy) is 1. The van der Waals surface area contributed by atoms with Crippen LogP contribution in [0.4, 0.5) is 21.9 Å². The Kier molecular flexibility index (Phi) is 9.23. The Morgan fingerprint density at radius 1 is 1.03 bits per heavy atom. The molecule has 2 N–H and O–H groups in total. The van der Waals surface area contributed by atoms with Gasteiger partial charge in [-0.25, -0.2) is 13.2 Å². The van der Waals surface area contributed by atoms with Crippen molar-refractivity contribution in [3.05, 3.63) is 53.6 Å². The Morgan fingerprint density at radius 2 is 1.68 bits per heavy atom. The van der Waals surface area contributed by atoms with Crippen LogP contribution in [0.5, 0.6) is 0 Å². The van der Waals surface area contributed by atoms with Gasteiger partial charge in [-0.3, -0.25) is 4.79 Å². The van der Waals surface area contributed by atoms with E-state index in [0.717, 1.165) is 16.8 Å². The number of amides is 2. The number of aryl methyl sites for hydroxylation is 1. The molecular formula is C28H39N3O5S. The van der Waals surface area contributed by atoms with E-state index in [1.54, 1.807) is 6.92 Å². The predicted molar refractivity (Wildman–Crippen MR) is 149 cm³/mol. The average Bonchev–Trinajstić information content (AvgIpc) is 2.82. The molecule has 0 unspecified atom stereocenters. The molecule has 0 atom stereocenters. The van der Waals surface area contributed by atoms with Gasteiger partial charge >= 0.3 is 12.0 Å². The van der Waals surface area contributed by atoms with E-state index >= 15 is 0 Å². The Bertz CT molecular complexity index is 1190. The minimum atomic E-state index is -3.00. The van der Waals surface area contributed by atoms with Crippen LogP contribution in [-0.2, 0) is 24.8 Å². The molecule has 202 valence electrons. The van der Waals surface area contributed by atoms with Crippen molar-refractivity contribution in [1.82, 2.24) is 0 Å². The molecule has 1 fully saturated rings. The second-order valence-electron chi connectivity index (χ2n) is 10.2. The highest BCUT2D eigenvalue weighted by Crippen LogP contribution is 2.36. The summed E-state index contributed by atoms with van der Waals surface area (Å²) < 4.78 is 29.2. The van der Waals surface area contributed by atoms with Crippen LogP contribution in [0.1, 0.15) is 58.1 Å². The molecule has 1 aliphatic rings. The van der Waals surface area contributed by atoms with E-state index in [4.69, 9.17) is 4.74 Å². The summed E-state index contributed by atoms with van der Waals surface area (Å²) in [5.41, 5.74) is 3.56. The van der Waals surface area contributed by atoms with Gasteiger partial charge in [0, 0.05) is 23.7 Å². The Morgan fingerprint density at radius 3 is 2.27 bits per heavy atom. The molecule has 8 nitrogen and oxygen atoms in total. The summed E-state index contributed by atoms with van der Waals surface area (Å²) in [4.78, 5) is 27.4. The lowest BCUT2D eigenvalue weighted by Crippen LogP contribution is -2.42. The molecular weight excluding hydrogens is 490 g/mol. The quantitative estimate of drug-likeness (QED) is 0.429. The van der Waals surface area contributed by atoms with Gasteiger partial charge in [0.1, 0.15) is 9.84 Å². The number of nitrogens with one attached hydrogen (secondary N) is 2. The van der Waals surface area contributed by atoms with Crippen molar-refractivity contribution in [3.63, 3.8) is 0 Å². The van der Waals surface area contributed by atoms with Crippen molar-refractivity contribution < 1.29 is 22.7 Å². The Hall–Kier alpha value is -3.07. The maximum atomic E-state index is 13.0. The fourth-order valence-corrected chi connectivity index (χ4v) is 6.19. The maximum absolute atomic E-state index is 13.0. The number of carbonyl (C=O) groups is 2. The lowest BCUT2D eigenvalue weighted by molar-refractivity contribution is -0.144. The van der Waals surface area contributed by atoms with Crippen molar-refractivity contribution >= 4 is 38.9 Å². The van der Waals surface area contributed by atoms with E-state index in [1.807, 2.05) is 70.2 Å². The van der Waals surface area contributed by atoms with Crippen LogP contribution in [0.2, 0.25) is 0 Å². The standard InChI is InChI=1S/C28H39N3O5S/c1-6-31(23-14-16-37(34,35)17-15-23)25-13-10-21(28(4,5)19-26(32)36-7-2)18-24(25)30-27(33)29-22-11-8-20(3)9-12-22/h8-13,18,23H,6-7,14-17,19H2,1-5H3,(H2,29,30,33). The molecule has 0 spiro atoms. The normalized spacial score (nSPS) is 15.6. The number of carbonyl (C=O) groups excluding carboxylic acids is 2. The van der Waals surface area contributed by atoms with Gasteiger partial charge in [0.25, 0.3) is 0 Å². The zero-order valence-electron chi connectivity index (χ0n) is 22.5. The van der Waals surface area contributed by atoms with Gasteiger partial charge in [-0.2, -0.15) is 0 Å². The van der Waals surface area contributed by atoms with Crippen molar-refractivity contribution in [1.29, 1.82) is 0 Å². The molecule has 2 aromatic carbocycles. The molecule has 1 aliphatic heterocycles. The van der Waals surface area contributed by atoms with Crippen LogP contribution in [0.15, 0.2) is 42.5 Å². The second-order valence-corrected chi connectivity index (χ2v) is 12.5. The molecule has 2 amide bonds. The minimum Gasteiger partial charge on any atom is -0.466 e. The third-order valence-corrected chi connectivity index (χ3v) is 8.56. The Balaban J connectivity index is 1.93. The summed E-state index contributed by atoms with van der Waals surface area (Å²) in [5, 5.41) is 5.89. The maximum Gasteiger partial charge on any atom is 0.323 e. The molecule has 1 heterocycles. The number of sulfone groups is 1. The number of anilines is 3. The molecule has 1 saturated heterocycles. The van der Waals surface area contributed by atoms with Gasteiger partial charge in [-0.1, -0.05) is 37.6 Å². The fraction of sp³-hybridized carbons (Fsp3) is 0.500. The number of benzene rings is 2. The lowest BCUT2D eigenvalue weighted by Gasteiger charge is -2.37. The van der Waals surface area contributed by atoms with Crippen LogP contribution in [0.3, 0.4) is 0 Å². The smallest absolute Gasteiger partial charge is 0.323 e. The number of esters is 1. The van der Waals surface area contributed by atoms with Gasteiger partial charge in [0.15, 0.2) is 0 Å². The number of rotatable bonds is 9. The molecule has 9 heteroatoms. The second kappa shape index (κ2) is 12.0. The summed E-state index contributed by atoms with van der Waals surface area (Å²) in [6, 6.07) is 13.0. The Labute approximate surface area is 220 Å². The van der Waals surface area contributed by atoms with Crippen LogP contribution in [-0.4, -0.2) is 51.1 Å². The third-order valence-electron chi connectivity index (χ3n) is 6.84. The van der Waals surface area contributed by atoms with Gasteiger partial charge in [0.05, 0.1) is 35.9 Å². The SMILES string of the molecule is CCOC(=O)CC(C)(C)c1ccc(N(CC)C2CCS(=O)(=O)CC2)c(NC(=O)Nc2ccc(C)cc2)c1. The zero-order valence-corrected chi connectivity index (χ0v) is 23.3. The molecule has 0 saturated carbocycles. The summed E-state index contributed by atoms with van der Waals surface area (Å²) >= 11 is 0. The van der Waals surface area contributed by atoms with Gasteiger partial charge in [-0.05, 0) is 63.4 Å². The molecule has 37 heavy (non-hydrogen) atoms. The topological polar surface area (TPSA) is 105 Å². The van der Waals surface area contributed by atoms with E-state index in [-0.39, 0.29) is 36.0 Å². The summed E-state index contributed by atoms with van der Waals surface area (Å²) in [6.07, 6.45) is 1.29. The molecule has 0 aromatic heterocycles. The number of urea groups is 1. The van der Waals surface area contributed by atoms with E-state index in [1.165, 1.54) is 0 Å². The first-order valence-electron chi connectivity index (χ1n) is 12.9. The van der Waals surface area contributed by atoms with Crippen molar-refractivity contribution in [2.45, 2.75) is 65.3 Å². The highest BCUT2D eigenvalue weighted by Gasteiger charge is 2.31. The van der Waals surface area contributed by atoms with E-state index in [2.05, 4.69) is 15.5 Å². The highest BCUT2D eigenvalue weighted by atomic mass is 32.2. The first-order chi connectivity index (χ1) is 17.4. The van der Waals surface area contributed by atoms with Gasteiger partial charge in [0.2, 0.25) is 0 Å². The lowest BCUT2D eigenvalue weighted by atomic mass is 9.81. The van der Waals surface area contributed by atoms with Gasteiger partial charge < -0.3 is 20.3 Å². The largest absolute Gasteiger partial charge is 0.466 e. The van der Waals surface area contributed by atoms with Crippen molar-refractivity contribution in [2.24, 2.45) is 0 Å². The minimum absolute atomic E-state index is 0.0487. The fourth-order valence-electron chi connectivity index (χ4n) is 4.72. The molecule has 0 bridgehead atoms. The monoisotopic (exact) mass is 529 g/mol. The molecule has 3 rings (SSSR count). The molecule has 0 aliphatic carbocycles. The molecule has 2 aromatic rings. The number of hydrogen-bond acceptors (Lipinski definition) is 6. The summed E-state index contributed by atoms with van der Waals surface area (Å²) in [6.45, 7) is 10.7. The van der Waals surface area contributed by atoms with E-state index in [0.29, 0.717) is 37.4 Å². The molecule has 0 radical (unpaired) electrons. The summed E-state index contributed by atoms with van der Waals surface area (Å²) in [7, 11) is -3.00. The van der Waals surface area contributed by atoms with Crippen LogP contribution >= 0.6 is 0 Å².